The highest BCUT2D eigenvalue weighted by atomic mass is 35.5. The Hall–Kier alpha value is -3.77. The van der Waals surface area contributed by atoms with Gasteiger partial charge in [0.15, 0.2) is 0 Å². The average molecular weight is 432 g/mol. The van der Waals surface area contributed by atoms with Gasteiger partial charge in [-0.1, -0.05) is 60.1 Å². The predicted molar refractivity (Wildman–Crippen MR) is 122 cm³/mol. The lowest BCUT2D eigenvalue weighted by Crippen LogP contribution is -2.23. The number of pyridine rings is 1. The molecule has 0 unspecified atom stereocenters. The minimum atomic E-state index is -0.296. The number of hydrogen-bond acceptors (Lipinski definition) is 3. The Morgan fingerprint density at radius 2 is 1.71 bits per heavy atom. The molecule has 0 fully saturated rings. The minimum Gasteiger partial charge on any atom is -0.487 e. The number of para-hydroxylation sites is 1. The Balaban J connectivity index is 1.64. The van der Waals surface area contributed by atoms with Gasteiger partial charge < -0.3 is 9.30 Å². The Morgan fingerprint density at radius 3 is 2.55 bits per heavy atom. The topological polar surface area (TPSA) is 69.0 Å². The van der Waals surface area contributed by atoms with Gasteiger partial charge in [-0.15, -0.1) is 0 Å². The van der Waals surface area contributed by atoms with Crippen LogP contribution >= 0.6 is 11.6 Å². The lowest BCUT2D eigenvalue weighted by Gasteiger charge is -2.12. The lowest BCUT2D eigenvalue weighted by molar-refractivity contribution is 0.301. The van der Waals surface area contributed by atoms with Crippen LogP contribution in [0.1, 0.15) is 5.69 Å². The number of nitrogens with zero attached hydrogens (tertiary/aromatic N) is 2. The van der Waals surface area contributed by atoms with Gasteiger partial charge in [-0.2, -0.15) is 0 Å². The van der Waals surface area contributed by atoms with E-state index in [2.05, 4.69) is 5.10 Å². The van der Waals surface area contributed by atoms with Crippen molar-refractivity contribution in [3.63, 3.8) is 0 Å². The van der Waals surface area contributed by atoms with Crippen LogP contribution < -0.4 is 15.9 Å². The molecule has 0 radical (unpaired) electrons. The summed E-state index contributed by atoms with van der Waals surface area (Å²) < 4.78 is 8.89. The predicted octanol–water partition coefficient (Wildman–Crippen LogP) is 4.40. The molecule has 5 rings (SSSR count). The molecule has 0 aliphatic heterocycles. The highest BCUT2D eigenvalue weighted by molar-refractivity contribution is 6.32. The van der Waals surface area contributed by atoms with Crippen molar-refractivity contribution in [3.8, 4) is 11.4 Å². The van der Waals surface area contributed by atoms with Crippen molar-refractivity contribution >= 4 is 33.3 Å². The normalized spacial score (nSPS) is 11.3. The van der Waals surface area contributed by atoms with Gasteiger partial charge in [-0.05, 0) is 23.6 Å². The van der Waals surface area contributed by atoms with Crippen LogP contribution in [0.2, 0.25) is 5.02 Å². The number of aromatic amines is 1. The lowest BCUT2D eigenvalue weighted by atomic mass is 10.1. The number of aromatic nitrogens is 3. The van der Waals surface area contributed by atoms with Crippen LogP contribution in [0.3, 0.4) is 0 Å². The third kappa shape index (κ3) is 3.21. The molecular formula is C24H18ClN3O3. The molecule has 3 aromatic carbocycles. The fraction of sp³-hybridized carbons (Fsp3) is 0.0833. The fourth-order valence-electron chi connectivity index (χ4n) is 3.80. The molecule has 0 bridgehead atoms. The van der Waals surface area contributed by atoms with Crippen molar-refractivity contribution in [2.75, 3.05) is 0 Å². The standard InChI is InChI=1S/C24H18ClN3O3/c1-27-20(14-31-21-12-6-8-15-7-2-3-9-16(15)21)23-18(13-22(27)29)26-28(24(23)30)19-11-5-4-10-17(19)25/h2-13,26H,14H2,1H3. The van der Waals surface area contributed by atoms with E-state index in [-0.39, 0.29) is 17.7 Å². The highest BCUT2D eigenvalue weighted by Crippen LogP contribution is 2.26. The van der Waals surface area contributed by atoms with Crippen molar-refractivity contribution in [1.82, 2.24) is 14.3 Å². The van der Waals surface area contributed by atoms with E-state index in [0.717, 1.165) is 10.8 Å². The molecule has 0 amide bonds. The van der Waals surface area contributed by atoms with Crippen LogP contribution in [0.25, 0.3) is 27.4 Å². The van der Waals surface area contributed by atoms with E-state index in [1.807, 2.05) is 42.5 Å². The van der Waals surface area contributed by atoms with Gasteiger partial charge in [-0.3, -0.25) is 14.7 Å². The van der Waals surface area contributed by atoms with E-state index in [1.165, 1.54) is 15.3 Å². The molecule has 5 aromatic rings. The second-order valence-corrected chi connectivity index (χ2v) is 7.65. The van der Waals surface area contributed by atoms with E-state index in [1.54, 1.807) is 31.3 Å². The largest absolute Gasteiger partial charge is 0.487 e. The monoisotopic (exact) mass is 431 g/mol. The number of hydrogen-bond donors (Lipinski definition) is 1. The summed E-state index contributed by atoms with van der Waals surface area (Å²) in [5.74, 6) is 0.685. The third-order valence-electron chi connectivity index (χ3n) is 5.42. The first kappa shape index (κ1) is 19.2. The van der Waals surface area contributed by atoms with Gasteiger partial charge in [0, 0.05) is 18.5 Å². The molecular weight excluding hydrogens is 414 g/mol. The number of rotatable bonds is 4. The summed E-state index contributed by atoms with van der Waals surface area (Å²) >= 11 is 6.29. The maximum Gasteiger partial charge on any atom is 0.281 e. The van der Waals surface area contributed by atoms with E-state index in [0.29, 0.717) is 33.1 Å². The third-order valence-corrected chi connectivity index (χ3v) is 5.74. The number of H-pyrrole nitrogens is 1. The van der Waals surface area contributed by atoms with Gasteiger partial charge in [0.05, 0.1) is 27.3 Å². The molecule has 0 saturated heterocycles. The molecule has 0 saturated carbocycles. The first-order valence-corrected chi connectivity index (χ1v) is 10.1. The summed E-state index contributed by atoms with van der Waals surface area (Å²) in [5, 5.41) is 5.84. The Bertz CT molecular complexity index is 1560. The molecule has 1 N–H and O–H groups in total. The van der Waals surface area contributed by atoms with Crippen LogP contribution in [0.15, 0.2) is 82.4 Å². The summed E-state index contributed by atoms with van der Waals surface area (Å²) in [4.78, 5) is 25.8. The number of fused-ring (bicyclic) bond motifs is 2. The zero-order chi connectivity index (χ0) is 21.5. The highest BCUT2D eigenvalue weighted by Gasteiger charge is 2.18. The average Bonchev–Trinajstić information content (AvgIpc) is 3.10. The number of ether oxygens (including phenoxy) is 1. The van der Waals surface area contributed by atoms with Crippen molar-refractivity contribution in [1.29, 1.82) is 0 Å². The first-order chi connectivity index (χ1) is 15.0. The second-order valence-electron chi connectivity index (χ2n) is 7.25. The van der Waals surface area contributed by atoms with E-state index in [9.17, 15) is 9.59 Å². The molecule has 154 valence electrons. The zero-order valence-corrected chi connectivity index (χ0v) is 17.4. The summed E-state index contributed by atoms with van der Waals surface area (Å²) in [5.41, 5.74) is 0.903. The molecule has 0 aliphatic rings. The first-order valence-electron chi connectivity index (χ1n) is 9.73. The van der Waals surface area contributed by atoms with Gasteiger partial charge in [0.1, 0.15) is 12.4 Å². The summed E-state index contributed by atoms with van der Waals surface area (Å²) in [6, 6.07) is 22.1. The summed E-state index contributed by atoms with van der Waals surface area (Å²) in [7, 11) is 1.63. The molecule has 0 aliphatic carbocycles. The van der Waals surface area contributed by atoms with Crippen LogP contribution in [-0.4, -0.2) is 14.3 Å². The molecule has 7 heteroatoms. The fourth-order valence-corrected chi connectivity index (χ4v) is 4.02. The van der Waals surface area contributed by atoms with Crippen LogP contribution in [0.5, 0.6) is 5.75 Å². The zero-order valence-electron chi connectivity index (χ0n) is 16.6. The van der Waals surface area contributed by atoms with E-state index >= 15 is 0 Å². The Morgan fingerprint density at radius 1 is 0.968 bits per heavy atom. The maximum absolute atomic E-state index is 13.3. The molecule has 0 atom stereocenters. The number of halogens is 1. The van der Waals surface area contributed by atoms with Crippen molar-refractivity contribution in [3.05, 3.63) is 104 Å². The van der Waals surface area contributed by atoms with Gasteiger partial charge in [-0.25, -0.2) is 4.68 Å². The van der Waals surface area contributed by atoms with Crippen LogP contribution in [-0.2, 0) is 13.7 Å². The van der Waals surface area contributed by atoms with Crippen LogP contribution in [0.4, 0.5) is 0 Å². The second kappa shape index (κ2) is 7.49. The van der Waals surface area contributed by atoms with E-state index in [4.69, 9.17) is 16.3 Å². The minimum absolute atomic E-state index is 0.0622. The maximum atomic E-state index is 13.3. The number of benzene rings is 3. The summed E-state index contributed by atoms with van der Waals surface area (Å²) in [6.45, 7) is 0.0622. The smallest absolute Gasteiger partial charge is 0.281 e. The van der Waals surface area contributed by atoms with Gasteiger partial charge in [0.25, 0.3) is 11.1 Å². The number of nitrogens with one attached hydrogen (secondary N) is 1. The van der Waals surface area contributed by atoms with Crippen molar-refractivity contribution < 1.29 is 4.74 Å². The molecule has 31 heavy (non-hydrogen) atoms. The SMILES string of the molecule is Cn1c(COc2cccc3ccccc23)c2c(=O)n(-c3ccccc3Cl)[nH]c2cc1=O. The molecule has 2 aromatic heterocycles. The van der Waals surface area contributed by atoms with Gasteiger partial charge in [0.2, 0.25) is 0 Å². The van der Waals surface area contributed by atoms with Crippen molar-refractivity contribution in [2.45, 2.75) is 6.61 Å². The van der Waals surface area contributed by atoms with Crippen LogP contribution in [0, 0.1) is 0 Å². The Kier molecular flexibility index (Phi) is 4.64. The summed E-state index contributed by atoms with van der Waals surface area (Å²) in [6.07, 6.45) is 0. The Labute approximate surface area is 181 Å². The van der Waals surface area contributed by atoms with Gasteiger partial charge >= 0.3 is 0 Å². The quantitative estimate of drug-likeness (QED) is 0.458. The van der Waals surface area contributed by atoms with Crippen molar-refractivity contribution in [2.24, 2.45) is 7.05 Å². The molecule has 0 spiro atoms. The van der Waals surface area contributed by atoms with E-state index < -0.39 is 0 Å². The molecule has 2 heterocycles. The molecule has 6 nitrogen and oxygen atoms in total.